The van der Waals surface area contributed by atoms with Crippen molar-refractivity contribution in [1.82, 2.24) is 5.32 Å². The topological polar surface area (TPSA) is 49.3 Å². The largest absolute Gasteiger partial charge is 0.394 e. The van der Waals surface area contributed by atoms with Crippen molar-refractivity contribution in [2.24, 2.45) is 0 Å². The molecule has 3 heteroatoms. The molecule has 3 nitrogen and oxygen atoms in total. The summed E-state index contributed by atoms with van der Waals surface area (Å²) in [5.41, 5.74) is 2.86. The number of nitrogens with one attached hydrogen (secondary N) is 1. The standard InChI is InChI=1S/C14H21NO2/c1-10-5-6-12(7-11(10)2)8-13(17)15-14(3,4)9-16/h5-7,16H,8-9H2,1-4H3,(H,15,17). The van der Waals surface area contributed by atoms with Crippen molar-refractivity contribution in [3.05, 3.63) is 34.9 Å². The molecule has 0 saturated carbocycles. The lowest BCUT2D eigenvalue weighted by molar-refractivity contribution is -0.122. The Kier molecular flexibility index (Phi) is 4.29. The zero-order valence-corrected chi connectivity index (χ0v) is 11.0. The fourth-order valence-corrected chi connectivity index (χ4v) is 1.56. The normalized spacial score (nSPS) is 11.4. The van der Waals surface area contributed by atoms with E-state index >= 15 is 0 Å². The van der Waals surface area contributed by atoms with Crippen LogP contribution in [0.15, 0.2) is 18.2 Å². The number of aliphatic hydroxyl groups is 1. The van der Waals surface area contributed by atoms with E-state index in [1.165, 1.54) is 11.1 Å². The summed E-state index contributed by atoms with van der Waals surface area (Å²) in [5, 5.41) is 11.9. The highest BCUT2D eigenvalue weighted by Gasteiger charge is 2.18. The summed E-state index contributed by atoms with van der Waals surface area (Å²) in [6.07, 6.45) is 0.352. The first-order chi connectivity index (χ1) is 7.84. The summed E-state index contributed by atoms with van der Waals surface area (Å²) in [6.45, 7) is 7.62. The molecule has 17 heavy (non-hydrogen) atoms. The van der Waals surface area contributed by atoms with Crippen LogP contribution in [-0.4, -0.2) is 23.2 Å². The second-order valence-electron chi connectivity index (χ2n) is 5.19. The van der Waals surface area contributed by atoms with Crippen molar-refractivity contribution in [2.75, 3.05) is 6.61 Å². The van der Waals surface area contributed by atoms with E-state index in [1.807, 2.05) is 32.0 Å². The Hall–Kier alpha value is -1.35. The number of hydrogen-bond acceptors (Lipinski definition) is 2. The third kappa shape index (κ3) is 4.19. The van der Waals surface area contributed by atoms with E-state index in [4.69, 9.17) is 5.11 Å². The number of amides is 1. The van der Waals surface area contributed by atoms with Gasteiger partial charge in [-0.05, 0) is 44.4 Å². The highest BCUT2D eigenvalue weighted by atomic mass is 16.3. The molecule has 0 fully saturated rings. The van der Waals surface area contributed by atoms with E-state index in [-0.39, 0.29) is 12.5 Å². The molecular formula is C14H21NO2. The minimum absolute atomic E-state index is 0.0627. The van der Waals surface area contributed by atoms with E-state index in [0.29, 0.717) is 6.42 Å². The number of aliphatic hydroxyl groups excluding tert-OH is 1. The zero-order valence-electron chi connectivity index (χ0n) is 11.0. The van der Waals surface area contributed by atoms with Gasteiger partial charge in [-0.1, -0.05) is 18.2 Å². The monoisotopic (exact) mass is 235 g/mol. The Labute approximate surface area is 103 Å². The van der Waals surface area contributed by atoms with Crippen LogP contribution in [0.4, 0.5) is 0 Å². The molecule has 0 spiro atoms. The van der Waals surface area contributed by atoms with Gasteiger partial charge in [-0.25, -0.2) is 0 Å². The molecule has 0 aliphatic carbocycles. The summed E-state index contributed by atoms with van der Waals surface area (Å²) in [5.74, 6) is -0.0627. The average molecular weight is 235 g/mol. The fraction of sp³-hybridized carbons (Fsp3) is 0.500. The molecule has 0 aliphatic heterocycles. The second-order valence-corrected chi connectivity index (χ2v) is 5.19. The van der Waals surface area contributed by atoms with E-state index in [0.717, 1.165) is 5.56 Å². The molecule has 1 aromatic carbocycles. The average Bonchev–Trinajstić information content (AvgIpc) is 2.23. The highest BCUT2D eigenvalue weighted by molar-refractivity contribution is 5.79. The smallest absolute Gasteiger partial charge is 0.224 e. The van der Waals surface area contributed by atoms with Gasteiger partial charge in [0.2, 0.25) is 5.91 Å². The van der Waals surface area contributed by atoms with Crippen LogP contribution in [0, 0.1) is 13.8 Å². The molecule has 0 radical (unpaired) electrons. The molecule has 0 aromatic heterocycles. The van der Waals surface area contributed by atoms with Gasteiger partial charge in [-0.3, -0.25) is 4.79 Å². The Bertz CT molecular complexity index is 411. The molecule has 0 bridgehead atoms. The van der Waals surface area contributed by atoms with Crippen LogP contribution in [-0.2, 0) is 11.2 Å². The predicted octanol–water partition coefficient (Wildman–Crippen LogP) is 1.73. The van der Waals surface area contributed by atoms with Crippen molar-refractivity contribution < 1.29 is 9.90 Å². The summed E-state index contributed by atoms with van der Waals surface area (Å²) >= 11 is 0. The lowest BCUT2D eigenvalue weighted by atomic mass is 10.0. The molecule has 0 heterocycles. The van der Waals surface area contributed by atoms with Crippen molar-refractivity contribution in [1.29, 1.82) is 0 Å². The second kappa shape index (κ2) is 5.32. The Balaban J connectivity index is 2.65. The molecule has 1 aromatic rings. The van der Waals surface area contributed by atoms with Crippen LogP contribution < -0.4 is 5.32 Å². The zero-order chi connectivity index (χ0) is 13.1. The van der Waals surface area contributed by atoms with Crippen molar-refractivity contribution in [3.63, 3.8) is 0 Å². The molecular weight excluding hydrogens is 214 g/mol. The maximum Gasteiger partial charge on any atom is 0.224 e. The van der Waals surface area contributed by atoms with E-state index in [2.05, 4.69) is 5.32 Å². The van der Waals surface area contributed by atoms with Crippen LogP contribution in [0.5, 0.6) is 0 Å². The maximum atomic E-state index is 11.8. The lowest BCUT2D eigenvalue weighted by Gasteiger charge is -2.23. The number of rotatable bonds is 4. The summed E-state index contributed by atoms with van der Waals surface area (Å²) in [7, 11) is 0. The van der Waals surface area contributed by atoms with E-state index < -0.39 is 5.54 Å². The van der Waals surface area contributed by atoms with Gasteiger partial charge in [0, 0.05) is 0 Å². The third-order valence-electron chi connectivity index (χ3n) is 2.81. The molecule has 0 atom stereocenters. The van der Waals surface area contributed by atoms with Crippen LogP contribution in [0.1, 0.15) is 30.5 Å². The number of carbonyl (C=O) groups is 1. The van der Waals surface area contributed by atoms with Crippen LogP contribution in [0.25, 0.3) is 0 Å². The number of aryl methyl sites for hydroxylation is 2. The van der Waals surface area contributed by atoms with Gasteiger partial charge in [-0.2, -0.15) is 0 Å². The highest BCUT2D eigenvalue weighted by Crippen LogP contribution is 2.11. The van der Waals surface area contributed by atoms with Gasteiger partial charge in [0.25, 0.3) is 0 Å². The number of hydrogen-bond donors (Lipinski definition) is 2. The molecule has 94 valence electrons. The summed E-state index contributed by atoms with van der Waals surface area (Å²) in [4.78, 5) is 11.8. The first-order valence-electron chi connectivity index (χ1n) is 5.82. The first-order valence-corrected chi connectivity index (χ1v) is 5.82. The maximum absolute atomic E-state index is 11.8. The third-order valence-corrected chi connectivity index (χ3v) is 2.81. The molecule has 0 aliphatic rings. The molecule has 0 unspecified atom stereocenters. The fourth-order valence-electron chi connectivity index (χ4n) is 1.56. The molecule has 1 amide bonds. The molecule has 0 saturated heterocycles. The minimum Gasteiger partial charge on any atom is -0.394 e. The molecule has 1 rings (SSSR count). The summed E-state index contributed by atoms with van der Waals surface area (Å²) in [6, 6.07) is 6.02. The van der Waals surface area contributed by atoms with Gasteiger partial charge in [0.15, 0.2) is 0 Å². The van der Waals surface area contributed by atoms with Gasteiger partial charge in [-0.15, -0.1) is 0 Å². The summed E-state index contributed by atoms with van der Waals surface area (Å²) < 4.78 is 0. The number of carbonyl (C=O) groups excluding carboxylic acids is 1. The lowest BCUT2D eigenvalue weighted by Crippen LogP contribution is -2.46. The van der Waals surface area contributed by atoms with E-state index in [9.17, 15) is 4.79 Å². The molecule has 2 N–H and O–H groups in total. The van der Waals surface area contributed by atoms with E-state index in [1.54, 1.807) is 13.8 Å². The van der Waals surface area contributed by atoms with Crippen LogP contribution in [0.2, 0.25) is 0 Å². The Morgan fingerprint density at radius 3 is 2.47 bits per heavy atom. The SMILES string of the molecule is Cc1ccc(CC(=O)NC(C)(C)CO)cc1C. The van der Waals surface area contributed by atoms with Crippen LogP contribution >= 0.6 is 0 Å². The van der Waals surface area contributed by atoms with Crippen molar-refractivity contribution in [3.8, 4) is 0 Å². The first kappa shape index (κ1) is 13.7. The van der Waals surface area contributed by atoms with Crippen molar-refractivity contribution >= 4 is 5.91 Å². The number of benzene rings is 1. The van der Waals surface area contributed by atoms with Gasteiger partial charge in [0.05, 0.1) is 18.6 Å². The Morgan fingerprint density at radius 2 is 1.94 bits per heavy atom. The predicted molar refractivity (Wildman–Crippen MR) is 68.9 cm³/mol. The quantitative estimate of drug-likeness (QED) is 0.835. The van der Waals surface area contributed by atoms with Crippen molar-refractivity contribution in [2.45, 2.75) is 39.7 Å². The van der Waals surface area contributed by atoms with Gasteiger partial charge >= 0.3 is 0 Å². The van der Waals surface area contributed by atoms with Gasteiger partial charge < -0.3 is 10.4 Å². The Morgan fingerprint density at radius 1 is 1.29 bits per heavy atom. The minimum atomic E-state index is -0.559. The van der Waals surface area contributed by atoms with Crippen LogP contribution in [0.3, 0.4) is 0 Å². The van der Waals surface area contributed by atoms with Gasteiger partial charge in [0.1, 0.15) is 0 Å².